The van der Waals surface area contributed by atoms with Crippen molar-refractivity contribution in [2.75, 3.05) is 11.9 Å². The summed E-state index contributed by atoms with van der Waals surface area (Å²) in [5.74, 6) is -1.93. The largest absolute Gasteiger partial charge is 0.465 e. The van der Waals surface area contributed by atoms with Crippen LogP contribution in [-0.2, 0) is 33.4 Å². The summed E-state index contributed by atoms with van der Waals surface area (Å²) in [7, 11) is 0. The molecule has 2 fully saturated rings. The number of H-pyrrole nitrogens is 1. The molecule has 72 heavy (non-hydrogen) atoms. The zero-order valence-corrected chi connectivity index (χ0v) is 48.7. The number of amides is 2. The van der Waals surface area contributed by atoms with Gasteiger partial charge >= 0.3 is 17.9 Å². The van der Waals surface area contributed by atoms with E-state index in [9.17, 15) is 14.4 Å². The van der Waals surface area contributed by atoms with Crippen LogP contribution in [0.2, 0.25) is 0 Å². The molecule has 2 aliphatic carbocycles. The number of hydrogen-bond acceptors (Lipinski definition) is 9. The van der Waals surface area contributed by atoms with E-state index >= 15 is 9.59 Å². The van der Waals surface area contributed by atoms with E-state index in [1.165, 1.54) is 0 Å². The van der Waals surface area contributed by atoms with E-state index in [-0.39, 0.29) is 86.8 Å². The average molecular weight is 1000 g/mol. The Kier molecular flexibility index (Phi) is 19.4. The molecular formula is C60H98N4O8. The Bertz CT molecular complexity index is 2200. The lowest BCUT2D eigenvalue weighted by Gasteiger charge is -2.48. The number of carbonyl (C=O) groups excluding carboxylic acids is 5. The maximum atomic E-state index is 15.2. The van der Waals surface area contributed by atoms with E-state index in [4.69, 9.17) is 19.2 Å². The Hall–Kier alpha value is -4.22. The number of rotatable bonds is 21. The Labute approximate surface area is 435 Å². The molecule has 3 N–H and O–H groups in total. The van der Waals surface area contributed by atoms with Gasteiger partial charge < -0.3 is 29.8 Å². The number of allylic oxidation sites excluding steroid dienone is 1. The molecule has 2 amide bonds. The summed E-state index contributed by atoms with van der Waals surface area (Å²) in [5, 5.41) is 6.37. The normalized spacial score (nSPS) is 19.9. The van der Waals surface area contributed by atoms with Gasteiger partial charge in [0.2, 0.25) is 11.8 Å². The minimum atomic E-state index is -0.860. The van der Waals surface area contributed by atoms with Crippen LogP contribution in [0.5, 0.6) is 0 Å². The summed E-state index contributed by atoms with van der Waals surface area (Å²) in [6.45, 7) is 41.1. The van der Waals surface area contributed by atoms with Crippen LogP contribution >= 0.6 is 0 Å². The zero-order chi connectivity index (χ0) is 54.6. The van der Waals surface area contributed by atoms with E-state index in [1.54, 1.807) is 0 Å². The van der Waals surface area contributed by atoms with Crippen molar-refractivity contribution in [1.29, 1.82) is 0 Å². The SMILES string of the molecule is CCC(C)(C)C(=O)OCCCC(CC)(CC)C(=O)NC1=NC(=Cc2[nH]c(NC(=O)C(CC)(CC)CC)c(C(=O)OC3C(C)(C)CCCC3(C)C)c2C(C)C)C(C(C)C)=C1C(=O)OC1C(C)(C)CCCC1(C)C. The van der Waals surface area contributed by atoms with Crippen molar-refractivity contribution in [2.24, 2.45) is 48.8 Å². The maximum absolute atomic E-state index is 15.2. The summed E-state index contributed by atoms with van der Waals surface area (Å²) in [6, 6.07) is 0. The van der Waals surface area contributed by atoms with Crippen LogP contribution in [0.25, 0.3) is 6.08 Å². The Morgan fingerprint density at radius 3 is 1.56 bits per heavy atom. The fraction of sp³-hybridized carbons (Fsp3) is 0.767. The number of nitrogens with zero attached hydrogens (tertiary/aromatic N) is 1. The third kappa shape index (κ3) is 12.6. The summed E-state index contributed by atoms with van der Waals surface area (Å²) in [4.78, 5) is 81.1. The molecule has 12 nitrogen and oxygen atoms in total. The minimum Gasteiger partial charge on any atom is -0.465 e. The van der Waals surface area contributed by atoms with E-state index < -0.39 is 34.3 Å². The molecule has 1 aliphatic heterocycles. The van der Waals surface area contributed by atoms with Crippen LogP contribution in [0.4, 0.5) is 5.82 Å². The van der Waals surface area contributed by atoms with Gasteiger partial charge in [-0.3, -0.25) is 14.4 Å². The molecule has 3 aliphatic rings. The summed E-state index contributed by atoms with van der Waals surface area (Å²) in [6.07, 6.45) is 11.2. The second-order valence-electron chi connectivity index (χ2n) is 25.7. The van der Waals surface area contributed by atoms with Crippen molar-refractivity contribution in [3.63, 3.8) is 0 Å². The molecule has 1 aromatic rings. The number of hydrogen-bond donors (Lipinski definition) is 3. The summed E-state index contributed by atoms with van der Waals surface area (Å²) in [5.41, 5.74) is -0.624. The maximum Gasteiger partial charge on any atom is 0.342 e. The number of anilines is 1. The van der Waals surface area contributed by atoms with Crippen LogP contribution in [0, 0.1) is 43.8 Å². The number of amidine groups is 1. The third-order valence-corrected chi connectivity index (χ3v) is 17.8. The second kappa shape index (κ2) is 23.1. The molecule has 0 saturated heterocycles. The first-order chi connectivity index (χ1) is 33.3. The van der Waals surface area contributed by atoms with Crippen molar-refractivity contribution >= 4 is 47.5 Å². The fourth-order valence-corrected chi connectivity index (χ4v) is 12.5. The van der Waals surface area contributed by atoms with E-state index in [1.807, 2.05) is 89.2 Å². The molecule has 2 saturated carbocycles. The van der Waals surface area contributed by atoms with Crippen molar-refractivity contribution in [3.8, 4) is 0 Å². The van der Waals surface area contributed by atoms with Gasteiger partial charge in [-0.15, -0.1) is 0 Å². The number of ether oxygens (including phenoxy) is 3. The number of esters is 3. The molecular weight excluding hydrogens is 905 g/mol. The molecule has 0 aromatic carbocycles. The summed E-state index contributed by atoms with van der Waals surface area (Å²) >= 11 is 0. The number of aliphatic imine (C=N–C) groups is 1. The first-order valence-electron chi connectivity index (χ1n) is 27.8. The highest BCUT2D eigenvalue weighted by molar-refractivity contribution is 6.26. The Balaban J connectivity index is 1.98. The number of nitrogens with one attached hydrogen (secondary N) is 3. The van der Waals surface area contributed by atoms with E-state index in [2.05, 4.69) is 71.0 Å². The van der Waals surface area contributed by atoms with Gasteiger partial charge in [-0.25, -0.2) is 14.6 Å². The second-order valence-corrected chi connectivity index (χ2v) is 25.7. The van der Waals surface area contributed by atoms with Crippen molar-refractivity contribution in [3.05, 3.63) is 33.7 Å². The van der Waals surface area contributed by atoms with Crippen molar-refractivity contribution in [1.82, 2.24) is 10.3 Å². The number of carbonyl (C=O) groups is 5. The molecule has 0 spiro atoms. The first-order valence-corrected chi connectivity index (χ1v) is 27.8. The number of aromatic nitrogens is 1. The summed E-state index contributed by atoms with van der Waals surface area (Å²) < 4.78 is 19.0. The van der Waals surface area contributed by atoms with Gasteiger partial charge in [0.25, 0.3) is 0 Å². The lowest BCUT2D eigenvalue weighted by atomic mass is 9.63. The van der Waals surface area contributed by atoms with Gasteiger partial charge in [0.1, 0.15) is 35.0 Å². The molecule has 1 aromatic heterocycles. The Morgan fingerprint density at radius 2 is 1.12 bits per heavy atom. The lowest BCUT2D eigenvalue weighted by Crippen LogP contribution is -2.49. The molecule has 12 heteroatoms. The lowest BCUT2D eigenvalue weighted by molar-refractivity contribution is -0.166. The highest BCUT2D eigenvalue weighted by atomic mass is 16.6. The smallest absolute Gasteiger partial charge is 0.342 e. The quantitative estimate of drug-likeness (QED) is 0.0622. The monoisotopic (exact) mass is 1000 g/mol. The van der Waals surface area contributed by atoms with E-state index in [0.29, 0.717) is 73.9 Å². The molecule has 0 radical (unpaired) electrons. The van der Waals surface area contributed by atoms with Gasteiger partial charge in [-0.1, -0.05) is 137 Å². The molecule has 0 atom stereocenters. The van der Waals surface area contributed by atoms with Crippen LogP contribution in [0.1, 0.15) is 256 Å². The molecule has 406 valence electrons. The van der Waals surface area contributed by atoms with E-state index in [0.717, 1.165) is 38.5 Å². The highest BCUT2D eigenvalue weighted by Crippen LogP contribution is 2.50. The molecule has 0 bridgehead atoms. The van der Waals surface area contributed by atoms with Crippen LogP contribution < -0.4 is 10.6 Å². The van der Waals surface area contributed by atoms with Gasteiger partial charge in [0.05, 0.1) is 17.7 Å². The molecule has 2 heterocycles. The zero-order valence-electron chi connectivity index (χ0n) is 48.7. The van der Waals surface area contributed by atoms with Crippen LogP contribution in [-0.4, -0.2) is 59.4 Å². The predicted octanol–water partition coefficient (Wildman–Crippen LogP) is 14.6. The predicted molar refractivity (Wildman–Crippen MR) is 291 cm³/mol. The van der Waals surface area contributed by atoms with Gasteiger partial charge in [-0.05, 0) is 120 Å². The van der Waals surface area contributed by atoms with Gasteiger partial charge in [0, 0.05) is 38.2 Å². The minimum absolute atomic E-state index is 0.111. The van der Waals surface area contributed by atoms with Gasteiger partial charge in [0.15, 0.2) is 0 Å². The number of aromatic amines is 1. The average Bonchev–Trinajstić information content (AvgIpc) is 3.84. The van der Waals surface area contributed by atoms with Crippen molar-refractivity contribution < 1.29 is 38.2 Å². The van der Waals surface area contributed by atoms with Crippen LogP contribution in [0.15, 0.2) is 21.8 Å². The standard InChI is InChI=1S/C60H98N4O8/c1-21-54(11,12)53(69)70-35-29-34-60(25-5,26-6)52(68)64-46-44(48(66)72-50-57(17,18)32-28-33-58(50,19)20)42(38(9)10)40(62-46)36-39-41(37(7)8)43(45(61-39)63-51(67)59(22-2,23-3)24-4)47(65)71-49-55(13,14)30-27-31-56(49,15)16/h36-38,49-50,61H,21-35H2,1-20H3,(H,63,67)(H,62,64,68). The first kappa shape index (κ1) is 60.3. The Morgan fingerprint density at radius 1 is 0.667 bits per heavy atom. The van der Waals surface area contributed by atoms with Gasteiger partial charge in [-0.2, -0.15) is 0 Å². The molecule has 4 rings (SSSR count). The van der Waals surface area contributed by atoms with Crippen LogP contribution in [0.3, 0.4) is 0 Å². The molecule has 0 unspecified atom stereocenters. The van der Waals surface area contributed by atoms with Crippen molar-refractivity contribution in [2.45, 2.75) is 246 Å². The third-order valence-electron chi connectivity index (χ3n) is 17.8. The fourth-order valence-electron chi connectivity index (χ4n) is 12.5. The topological polar surface area (TPSA) is 165 Å². The highest BCUT2D eigenvalue weighted by Gasteiger charge is 2.50.